The maximum Gasteiger partial charge on any atom is 0.0705 e. The number of hydrogen-bond donors (Lipinski definition) is 0. The van der Waals surface area contributed by atoms with E-state index in [2.05, 4.69) is 16.9 Å². The zero-order valence-corrected chi connectivity index (χ0v) is 5.81. The first-order valence-electron chi connectivity index (χ1n) is 2.32. The minimum absolute atomic E-state index is 0.0412. The number of rotatable bonds is 2. The highest BCUT2D eigenvalue weighted by molar-refractivity contribution is 6.31. The summed E-state index contributed by atoms with van der Waals surface area (Å²) in [5.41, 5.74) is 0.793. The van der Waals surface area contributed by atoms with Crippen LogP contribution in [0.15, 0.2) is 10.2 Å². The van der Waals surface area contributed by atoms with E-state index in [4.69, 9.17) is 11.6 Å². The summed E-state index contributed by atoms with van der Waals surface area (Å²) in [4.78, 5) is 0. The van der Waals surface area contributed by atoms with Crippen LogP contribution in [0.5, 0.6) is 0 Å². The number of hydrogen-bond acceptors (Lipinski definition) is 2. The van der Waals surface area contributed by atoms with Crippen LogP contribution in [0.2, 0.25) is 0 Å². The summed E-state index contributed by atoms with van der Waals surface area (Å²) < 4.78 is 0. The van der Waals surface area contributed by atoms with Crippen LogP contribution < -0.4 is 0 Å². The van der Waals surface area contributed by atoms with E-state index in [1.807, 2.05) is 13.8 Å². The molecule has 8 heavy (non-hydrogen) atoms. The normalized spacial score (nSPS) is 15.6. The molecule has 0 bridgehead atoms. The molecular formula is C5H9ClN2. The molecule has 0 aromatic rings. The van der Waals surface area contributed by atoms with Gasteiger partial charge in [-0.15, -0.1) is 11.6 Å². The molecule has 0 spiro atoms. The molecule has 46 valence electrons. The van der Waals surface area contributed by atoms with Crippen LogP contribution in [0.25, 0.3) is 0 Å². The van der Waals surface area contributed by atoms with Crippen molar-refractivity contribution < 1.29 is 0 Å². The SMILES string of the molecule is C=N/N=C(/C)C(C)Cl. The van der Waals surface area contributed by atoms with Gasteiger partial charge in [-0.2, -0.15) is 10.2 Å². The summed E-state index contributed by atoms with van der Waals surface area (Å²) in [6.45, 7) is 6.84. The van der Waals surface area contributed by atoms with Crippen LogP contribution in [0.3, 0.4) is 0 Å². The van der Waals surface area contributed by atoms with E-state index in [9.17, 15) is 0 Å². The molecule has 0 aliphatic heterocycles. The number of halogens is 1. The molecule has 0 aromatic heterocycles. The lowest BCUT2D eigenvalue weighted by molar-refractivity contribution is 1.18. The summed E-state index contributed by atoms with van der Waals surface area (Å²) in [5, 5.41) is 6.89. The average molecular weight is 133 g/mol. The van der Waals surface area contributed by atoms with Gasteiger partial charge in [-0.05, 0) is 13.8 Å². The van der Waals surface area contributed by atoms with Crippen LogP contribution in [0.1, 0.15) is 13.8 Å². The average Bonchev–Trinajstić information content (AvgIpc) is 1.67. The van der Waals surface area contributed by atoms with Crippen LogP contribution in [-0.2, 0) is 0 Å². The largest absolute Gasteiger partial charge is 0.167 e. The Kier molecular flexibility index (Phi) is 3.44. The second-order valence-electron chi connectivity index (χ2n) is 1.50. The van der Waals surface area contributed by atoms with E-state index >= 15 is 0 Å². The van der Waals surface area contributed by atoms with Crippen LogP contribution >= 0.6 is 11.6 Å². The molecule has 0 N–H and O–H groups in total. The van der Waals surface area contributed by atoms with Gasteiger partial charge in [0.15, 0.2) is 0 Å². The molecule has 0 heterocycles. The molecule has 0 aliphatic carbocycles. The molecule has 0 amide bonds. The highest BCUT2D eigenvalue weighted by atomic mass is 35.5. The maximum atomic E-state index is 5.59. The molecule has 0 aromatic carbocycles. The van der Waals surface area contributed by atoms with Gasteiger partial charge in [0.25, 0.3) is 0 Å². The molecule has 0 saturated carbocycles. The molecule has 0 rings (SSSR count). The van der Waals surface area contributed by atoms with Gasteiger partial charge in [0, 0.05) is 6.72 Å². The summed E-state index contributed by atoms with van der Waals surface area (Å²) in [5.74, 6) is 0. The monoisotopic (exact) mass is 132 g/mol. The van der Waals surface area contributed by atoms with Crippen molar-refractivity contribution in [3.8, 4) is 0 Å². The van der Waals surface area contributed by atoms with E-state index < -0.39 is 0 Å². The lowest BCUT2D eigenvalue weighted by Crippen LogP contribution is -2.03. The van der Waals surface area contributed by atoms with E-state index in [0.29, 0.717) is 0 Å². The van der Waals surface area contributed by atoms with E-state index in [1.165, 1.54) is 0 Å². The van der Waals surface area contributed by atoms with Crippen molar-refractivity contribution in [2.45, 2.75) is 19.2 Å². The van der Waals surface area contributed by atoms with Crippen molar-refractivity contribution in [1.29, 1.82) is 0 Å². The molecule has 0 saturated heterocycles. The highest BCUT2D eigenvalue weighted by Gasteiger charge is 1.97. The third-order valence-corrected chi connectivity index (χ3v) is 1.12. The quantitative estimate of drug-likeness (QED) is 0.310. The molecule has 2 nitrogen and oxygen atoms in total. The predicted molar refractivity (Wildman–Crippen MR) is 38.0 cm³/mol. The van der Waals surface area contributed by atoms with Crippen molar-refractivity contribution in [1.82, 2.24) is 0 Å². The van der Waals surface area contributed by atoms with Gasteiger partial charge in [0.2, 0.25) is 0 Å². The van der Waals surface area contributed by atoms with Crippen LogP contribution in [0, 0.1) is 0 Å². The molecule has 0 aliphatic rings. The van der Waals surface area contributed by atoms with Crippen molar-refractivity contribution in [2.75, 3.05) is 0 Å². The summed E-state index contributed by atoms with van der Waals surface area (Å²) >= 11 is 5.59. The Balaban J connectivity index is 3.78. The Morgan fingerprint density at radius 3 is 2.38 bits per heavy atom. The maximum absolute atomic E-state index is 5.59. The Hall–Kier alpha value is -0.370. The van der Waals surface area contributed by atoms with Gasteiger partial charge in [0.1, 0.15) is 0 Å². The molecular weight excluding hydrogens is 124 g/mol. The fraction of sp³-hybridized carbons (Fsp3) is 0.600. The Labute approximate surface area is 54.3 Å². The summed E-state index contributed by atoms with van der Waals surface area (Å²) in [6, 6.07) is 0. The molecule has 1 atom stereocenters. The fourth-order valence-corrected chi connectivity index (χ4v) is 0.235. The van der Waals surface area contributed by atoms with Gasteiger partial charge < -0.3 is 0 Å². The van der Waals surface area contributed by atoms with Crippen molar-refractivity contribution in [2.24, 2.45) is 10.2 Å². The first-order chi connectivity index (χ1) is 3.68. The Morgan fingerprint density at radius 2 is 2.25 bits per heavy atom. The predicted octanol–water partition coefficient (Wildman–Crippen LogP) is 1.69. The fourth-order valence-electron chi connectivity index (χ4n) is 0.191. The topological polar surface area (TPSA) is 24.7 Å². The van der Waals surface area contributed by atoms with Gasteiger partial charge in [-0.25, -0.2) is 0 Å². The molecule has 3 heteroatoms. The molecule has 1 unspecified atom stereocenters. The summed E-state index contributed by atoms with van der Waals surface area (Å²) in [7, 11) is 0. The van der Waals surface area contributed by atoms with Gasteiger partial charge in [-0.3, -0.25) is 0 Å². The van der Waals surface area contributed by atoms with Gasteiger partial charge >= 0.3 is 0 Å². The lowest BCUT2D eigenvalue weighted by Gasteiger charge is -1.95. The zero-order valence-electron chi connectivity index (χ0n) is 5.06. The third-order valence-electron chi connectivity index (χ3n) is 0.804. The number of alkyl halides is 1. The Bertz CT molecular complexity index is 107. The van der Waals surface area contributed by atoms with Crippen LogP contribution in [0.4, 0.5) is 0 Å². The molecule has 0 radical (unpaired) electrons. The van der Waals surface area contributed by atoms with Crippen LogP contribution in [-0.4, -0.2) is 17.8 Å². The minimum Gasteiger partial charge on any atom is -0.167 e. The lowest BCUT2D eigenvalue weighted by atomic mass is 10.3. The Morgan fingerprint density at radius 1 is 1.75 bits per heavy atom. The van der Waals surface area contributed by atoms with Crippen molar-refractivity contribution in [3.05, 3.63) is 0 Å². The van der Waals surface area contributed by atoms with E-state index in [0.717, 1.165) is 5.71 Å². The van der Waals surface area contributed by atoms with E-state index in [1.54, 1.807) is 0 Å². The van der Waals surface area contributed by atoms with Gasteiger partial charge in [0.05, 0.1) is 11.1 Å². The third kappa shape index (κ3) is 2.75. The molecule has 0 fully saturated rings. The first kappa shape index (κ1) is 7.63. The van der Waals surface area contributed by atoms with E-state index in [-0.39, 0.29) is 5.38 Å². The highest BCUT2D eigenvalue weighted by Crippen LogP contribution is 1.96. The van der Waals surface area contributed by atoms with Crippen molar-refractivity contribution >= 4 is 24.0 Å². The second kappa shape index (κ2) is 3.61. The summed E-state index contributed by atoms with van der Waals surface area (Å²) in [6.07, 6.45) is 0. The minimum atomic E-state index is -0.0412. The zero-order chi connectivity index (χ0) is 6.57. The standard InChI is InChI=1S/C5H9ClN2/c1-4(6)5(2)8-7-3/h4H,3H2,1-2H3/b8-5-. The smallest absolute Gasteiger partial charge is 0.0705 e. The first-order valence-corrected chi connectivity index (χ1v) is 2.76. The number of nitrogens with zero attached hydrogens (tertiary/aromatic N) is 2. The van der Waals surface area contributed by atoms with Gasteiger partial charge in [-0.1, -0.05) is 0 Å². The second-order valence-corrected chi connectivity index (χ2v) is 2.15. The van der Waals surface area contributed by atoms with Crippen molar-refractivity contribution in [3.63, 3.8) is 0 Å².